The number of benzene rings is 1. The van der Waals surface area contributed by atoms with E-state index >= 15 is 0 Å². The monoisotopic (exact) mass is 297 g/mol. The molecule has 0 unspecified atom stereocenters. The van der Waals surface area contributed by atoms with Gasteiger partial charge in [0.2, 0.25) is 0 Å². The standard InChI is InChI=1S/C14H16ClNO4/c1-2-3-6-19-11-5-4-9(10(17)7-15)14-13(11)16-12(18)8-20-14/h4-5H,2-3,6-8H2,1H3,(H,16,18). The molecule has 1 N–H and O–H groups in total. The van der Waals surface area contributed by atoms with Crippen LogP contribution in [0.2, 0.25) is 0 Å². The summed E-state index contributed by atoms with van der Waals surface area (Å²) in [6, 6.07) is 3.27. The molecule has 1 amide bonds. The molecule has 0 radical (unpaired) electrons. The van der Waals surface area contributed by atoms with Crippen LogP contribution in [0.5, 0.6) is 11.5 Å². The lowest BCUT2D eigenvalue weighted by Crippen LogP contribution is -2.27. The second-order valence-electron chi connectivity index (χ2n) is 4.41. The second-order valence-corrected chi connectivity index (χ2v) is 4.68. The van der Waals surface area contributed by atoms with E-state index in [-0.39, 0.29) is 24.2 Å². The number of unbranched alkanes of at least 4 members (excludes halogenated alkanes) is 1. The maximum Gasteiger partial charge on any atom is 0.262 e. The van der Waals surface area contributed by atoms with Gasteiger partial charge in [-0.1, -0.05) is 13.3 Å². The lowest BCUT2D eigenvalue weighted by atomic mass is 10.1. The maximum absolute atomic E-state index is 11.8. The highest BCUT2D eigenvalue weighted by atomic mass is 35.5. The summed E-state index contributed by atoms with van der Waals surface area (Å²) in [5, 5.41) is 2.69. The first kappa shape index (κ1) is 14.7. The van der Waals surface area contributed by atoms with E-state index in [1.807, 2.05) is 0 Å². The molecule has 1 aromatic carbocycles. The molecular weight excluding hydrogens is 282 g/mol. The quantitative estimate of drug-likeness (QED) is 0.498. The van der Waals surface area contributed by atoms with Crippen LogP contribution in [0.25, 0.3) is 0 Å². The van der Waals surface area contributed by atoms with Gasteiger partial charge in [0.05, 0.1) is 18.1 Å². The molecule has 6 heteroatoms. The number of carbonyl (C=O) groups excluding carboxylic acids is 2. The average Bonchev–Trinajstić information content (AvgIpc) is 2.46. The summed E-state index contributed by atoms with van der Waals surface area (Å²) in [7, 11) is 0. The fourth-order valence-corrected chi connectivity index (χ4v) is 2.03. The van der Waals surface area contributed by atoms with E-state index in [1.165, 1.54) is 0 Å². The number of halogens is 1. The van der Waals surface area contributed by atoms with Gasteiger partial charge in [-0.15, -0.1) is 11.6 Å². The lowest BCUT2D eigenvalue weighted by Gasteiger charge is -2.22. The maximum atomic E-state index is 11.8. The fraction of sp³-hybridized carbons (Fsp3) is 0.429. The van der Waals surface area contributed by atoms with Crippen molar-refractivity contribution in [2.45, 2.75) is 19.8 Å². The summed E-state index contributed by atoms with van der Waals surface area (Å²) in [6.07, 6.45) is 1.92. The number of nitrogens with one attached hydrogen (secondary N) is 1. The Labute approximate surface area is 122 Å². The van der Waals surface area contributed by atoms with Gasteiger partial charge < -0.3 is 14.8 Å². The van der Waals surface area contributed by atoms with Crippen LogP contribution in [-0.4, -0.2) is 30.8 Å². The van der Waals surface area contributed by atoms with E-state index in [0.717, 1.165) is 12.8 Å². The molecule has 1 aromatic rings. The van der Waals surface area contributed by atoms with Crippen molar-refractivity contribution in [2.24, 2.45) is 0 Å². The Kier molecular flexibility index (Phi) is 4.84. The summed E-state index contributed by atoms with van der Waals surface area (Å²) in [5.74, 6) is 0.184. The molecule has 0 fully saturated rings. The van der Waals surface area contributed by atoms with Crippen LogP contribution >= 0.6 is 11.6 Å². The summed E-state index contributed by atoms with van der Waals surface area (Å²) >= 11 is 5.58. The zero-order valence-corrected chi connectivity index (χ0v) is 12.0. The molecule has 20 heavy (non-hydrogen) atoms. The van der Waals surface area contributed by atoms with Crippen LogP contribution in [0.3, 0.4) is 0 Å². The Morgan fingerprint density at radius 3 is 3.00 bits per heavy atom. The van der Waals surface area contributed by atoms with Crippen LogP contribution in [0.4, 0.5) is 5.69 Å². The third-order valence-corrected chi connectivity index (χ3v) is 3.15. The summed E-state index contributed by atoms with van der Waals surface area (Å²) < 4.78 is 11.0. The molecule has 108 valence electrons. The van der Waals surface area contributed by atoms with E-state index in [9.17, 15) is 9.59 Å². The van der Waals surface area contributed by atoms with Gasteiger partial charge >= 0.3 is 0 Å². The molecule has 2 rings (SSSR count). The number of carbonyl (C=O) groups is 2. The number of ketones is 1. The van der Waals surface area contributed by atoms with E-state index in [0.29, 0.717) is 29.4 Å². The molecule has 1 aliphatic rings. The average molecular weight is 298 g/mol. The van der Waals surface area contributed by atoms with Gasteiger partial charge in [-0.3, -0.25) is 9.59 Å². The Hall–Kier alpha value is -1.75. The number of anilines is 1. The Morgan fingerprint density at radius 2 is 2.30 bits per heavy atom. The highest BCUT2D eigenvalue weighted by Gasteiger charge is 2.25. The van der Waals surface area contributed by atoms with Gasteiger partial charge in [-0.05, 0) is 18.6 Å². The van der Waals surface area contributed by atoms with Gasteiger partial charge in [0, 0.05) is 0 Å². The van der Waals surface area contributed by atoms with Crippen molar-refractivity contribution in [3.05, 3.63) is 17.7 Å². The molecular formula is C14H16ClNO4. The van der Waals surface area contributed by atoms with Crippen molar-refractivity contribution >= 4 is 29.0 Å². The minimum absolute atomic E-state index is 0.117. The van der Waals surface area contributed by atoms with Crippen LogP contribution in [-0.2, 0) is 4.79 Å². The molecule has 0 atom stereocenters. The highest BCUT2D eigenvalue weighted by molar-refractivity contribution is 6.31. The predicted molar refractivity (Wildman–Crippen MR) is 76.0 cm³/mol. The Morgan fingerprint density at radius 1 is 1.50 bits per heavy atom. The first-order valence-electron chi connectivity index (χ1n) is 6.49. The van der Waals surface area contributed by atoms with E-state index in [2.05, 4.69) is 12.2 Å². The molecule has 0 spiro atoms. The number of hydrogen-bond donors (Lipinski definition) is 1. The van der Waals surface area contributed by atoms with E-state index in [1.54, 1.807) is 12.1 Å². The number of alkyl halides is 1. The Balaban J connectivity index is 2.35. The number of ether oxygens (including phenoxy) is 2. The highest BCUT2D eigenvalue weighted by Crippen LogP contribution is 2.40. The predicted octanol–water partition coefficient (Wildman–Crippen LogP) is 2.62. The zero-order valence-electron chi connectivity index (χ0n) is 11.2. The molecule has 1 heterocycles. The van der Waals surface area contributed by atoms with Crippen molar-refractivity contribution in [3.63, 3.8) is 0 Å². The van der Waals surface area contributed by atoms with Crippen molar-refractivity contribution in [1.29, 1.82) is 0 Å². The number of amides is 1. The third kappa shape index (κ3) is 3.04. The van der Waals surface area contributed by atoms with Gasteiger partial charge in [-0.2, -0.15) is 0 Å². The van der Waals surface area contributed by atoms with Crippen molar-refractivity contribution in [1.82, 2.24) is 0 Å². The van der Waals surface area contributed by atoms with Crippen molar-refractivity contribution in [3.8, 4) is 11.5 Å². The first-order chi connectivity index (χ1) is 9.67. The third-order valence-electron chi connectivity index (χ3n) is 2.91. The van der Waals surface area contributed by atoms with Crippen LogP contribution < -0.4 is 14.8 Å². The summed E-state index contributed by atoms with van der Waals surface area (Å²) in [5.41, 5.74) is 0.770. The summed E-state index contributed by atoms with van der Waals surface area (Å²) in [4.78, 5) is 23.2. The van der Waals surface area contributed by atoms with Crippen LogP contribution in [0, 0.1) is 0 Å². The molecule has 0 aromatic heterocycles. The van der Waals surface area contributed by atoms with Crippen LogP contribution in [0.1, 0.15) is 30.1 Å². The molecule has 0 saturated heterocycles. The molecule has 0 aliphatic carbocycles. The van der Waals surface area contributed by atoms with E-state index < -0.39 is 0 Å². The largest absolute Gasteiger partial charge is 0.491 e. The normalized spacial score (nSPS) is 13.2. The summed E-state index contributed by atoms with van der Waals surface area (Å²) in [6.45, 7) is 2.49. The molecule has 0 bridgehead atoms. The first-order valence-corrected chi connectivity index (χ1v) is 7.02. The van der Waals surface area contributed by atoms with E-state index in [4.69, 9.17) is 21.1 Å². The van der Waals surface area contributed by atoms with Crippen molar-refractivity contribution < 1.29 is 19.1 Å². The lowest BCUT2D eigenvalue weighted by molar-refractivity contribution is -0.118. The minimum Gasteiger partial charge on any atom is -0.491 e. The van der Waals surface area contributed by atoms with Crippen LogP contribution in [0.15, 0.2) is 12.1 Å². The van der Waals surface area contributed by atoms with Gasteiger partial charge in [0.15, 0.2) is 18.1 Å². The Bertz CT molecular complexity index is 530. The fourth-order valence-electron chi connectivity index (χ4n) is 1.88. The zero-order chi connectivity index (χ0) is 14.5. The number of rotatable bonds is 6. The number of fused-ring (bicyclic) bond motifs is 1. The minimum atomic E-state index is -0.270. The molecule has 0 saturated carbocycles. The number of hydrogen-bond acceptors (Lipinski definition) is 4. The van der Waals surface area contributed by atoms with Gasteiger partial charge in [0.25, 0.3) is 5.91 Å². The van der Waals surface area contributed by atoms with Gasteiger partial charge in [-0.25, -0.2) is 0 Å². The second kappa shape index (κ2) is 6.61. The SMILES string of the molecule is CCCCOc1ccc(C(=O)CCl)c2c1NC(=O)CO2. The number of Topliss-reactive ketones (excluding diaryl/α,β-unsaturated/α-hetero) is 1. The van der Waals surface area contributed by atoms with Gasteiger partial charge in [0.1, 0.15) is 11.4 Å². The molecule has 1 aliphatic heterocycles. The molecule has 5 nitrogen and oxygen atoms in total. The topological polar surface area (TPSA) is 64.6 Å². The van der Waals surface area contributed by atoms with Crippen molar-refractivity contribution in [2.75, 3.05) is 24.4 Å². The smallest absolute Gasteiger partial charge is 0.262 e.